The zero-order valence-electron chi connectivity index (χ0n) is 29.8. The van der Waals surface area contributed by atoms with Crippen LogP contribution in [-0.2, 0) is 35.6 Å². The zero-order valence-corrected chi connectivity index (χ0v) is 34.5. The van der Waals surface area contributed by atoms with Gasteiger partial charge in [0.15, 0.2) is 5.79 Å². The average molecular weight is 874 g/mol. The number of benzene rings is 8. The molecule has 1 heterocycles. The van der Waals surface area contributed by atoms with Crippen LogP contribution in [0.1, 0.15) is 36.1 Å². The fraction of sp³-hybridized carbons (Fsp3) is 0.149. The topological polar surface area (TPSA) is 58.9 Å². The van der Waals surface area contributed by atoms with Crippen molar-refractivity contribution < 1.29 is 34.7 Å². The molecule has 8 aromatic carbocycles. The molecule has 8 aromatic rings. The number of hydrogen-bond acceptors (Lipinski definition) is 4. The van der Waals surface area contributed by atoms with E-state index in [0.717, 1.165) is 43.1 Å². The Morgan fingerprint density at radius 2 is 0.648 bits per heavy atom. The van der Waals surface area contributed by atoms with Gasteiger partial charge in [0.1, 0.15) is 23.4 Å². The molecular formula is C47H38Br2O4Ti. The van der Waals surface area contributed by atoms with Gasteiger partial charge in [-0.1, -0.05) is 170 Å². The molecule has 0 bridgehead atoms. The number of ether oxygens (including phenoxy) is 2. The second-order valence-corrected chi connectivity index (χ2v) is 22.1. The molecule has 9 rings (SSSR count). The predicted molar refractivity (Wildman–Crippen MR) is 223 cm³/mol. The number of fused-ring (bicyclic) bond motifs is 4. The van der Waals surface area contributed by atoms with Crippen molar-refractivity contribution in [1.82, 2.24) is 0 Å². The fourth-order valence-electron chi connectivity index (χ4n) is 8.51. The van der Waals surface area contributed by atoms with Crippen LogP contribution in [0.25, 0.3) is 43.1 Å². The summed E-state index contributed by atoms with van der Waals surface area (Å²) >= 11 is 6.50. The van der Waals surface area contributed by atoms with E-state index in [1.165, 1.54) is 0 Å². The van der Waals surface area contributed by atoms with Gasteiger partial charge in [0.25, 0.3) is 0 Å². The van der Waals surface area contributed by atoms with Crippen LogP contribution in [0, 0.1) is 0 Å². The summed E-state index contributed by atoms with van der Waals surface area (Å²) in [6.45, 7) is 3.72. The average Bonchev–Trinajstić information content (AvgIpc) is 3.55. The van der Waals surface area contributed by atoms with E-state index in [-0.39, 0.29) is 15.0 Å². The maximum absolute atomic E-state index is 14.0. The Hall–Kier alpha value is -3.69. The van der Waals surface area contributed by atoms with Gasteiger partial charge < -0.3 is 19.7 Å². The summed E-state index contributed by atoms with van der Waals surface area (Å²) in [4.78, 5) is 0. The van der Waals surface area contributed by atoms with Crippen molar-refractivity contribution in [1.29, 1.82) is 0 Å². The SMILES string of the molecule is CC1(C)O[C@@H](C(O)(c2cccc3ccccc23)c2cccc3ccccc23)[C@H](C(O)(c2cccc3ccccc23)c2cccc3ccccc23)O1.[Br][Ti][Br]. The molecule has 0 aromatic heterocycles. The third-order valence-corrected chi connectivity index (χ3v) is 10.7. The molecule has 54 heavy (non-hydrogen) atoms. The van der Waals surface area contributed by atoms with Crippen molar-refractivity contribution in [3.8, 4) is 0 Å². The monoisotopic (exact) mass is 872 g/mol. The Morgan fingerprint density at radius 1 is 0.426 bits per heavy atom. The van der Waals surface area contributed by atoms with Gasteiger partial charge in [-0.05, 0) is 79.2 Å². The first-order valence-corrected chi connectivity index (χ1v) is 25.6. The summed E-state index contributed by atoms with van der Waals surface area (Å²) in [5.74, 6) is -1.18. The van der Waals surface area contributed by atoms with E-state index in [9.17, 15) is 10.2 Å². The Morgan fingerprint density at radius 3 is 0.907 bits per heavy atom. The Balaban J connectivity index is 0.00000134. The molecule has 2 N–H and O–H groups in total. The first kappa shape index (κ1) is 37.2. The van der Waals surface area contributed by atoms with E-state index in [2.05, 4.69) is 74.9 Å². The van der Waals surface area contributed by atoms with Crippen LogP contribution >= 0.6 is 26.3 Å². The molecule has 0 spiro atoms. The quantitative estimate of drug-likeness (QED) is 0.163. The van der Waals surface area contributed by atoms with Gasteiger partial charge in [-0.3, -0.25) is 0 Å². The van der Waals surface area contributed by atoms with Gasteiger partial charge in [0.2, 0.25) is 0 Å². The minimum atomic E-state index is -1.80. The standard InChI is InChI=1S/C47H38O4.2BrH.Ti/c1-45(2)50-43(46(48,39-27-11-19-31-15-3-7-23-35(31)39)40-28-12-20-32-16-4-8-24-36(32)40)44(51-45)47(49,41-29-13-21-33-17-5-9-25-37(33)41)42-30-14-22-34-18-6-10-26-38(34)42;;;/h3-30,43-44,48-49H,1-2H3;2*1H;/q;;;+2/p-2/t43-,44-;;;/m1.../s1. The van der Waals surface area contributed by atoms with Crippen LogP contribution in [0.3, 0.4) is 0 Å². The van der Waals surface area contributed by atoms with Crippen LogP contribution in [0.4, 0.5) is 0 Å². The van der Waals surface area contributed by atoms with Crippen LogP contribution in [0.2, 0.25) is 0 Å². The first-order valence-electron chi connectivity index (χ1n) is 17.9. The van der Waals surface area contributed by atoms with Crippen molar-refractivity contribution in [3.05, 3.63) is 192 Å². The molecule has 0 aliphatic carbocycles. The number of aliphatic hydroxyl groups is 2. The summed E-state index contributed by atoms with van der Waals surface area (Å²) in [6, 6.07) is 56.4. The molecule has 1 fully saturated rings. The molecule has 1 saturated heterocycles. The van der Waals surface area contributed by atoms with Crippen LogP contribution in [0.5, 0.6) is 0 Å². The Labute approximate surface area is 336 Å². The molecule has 0 unspecified atom stereocenters. The first-order chi connectivity index (χ1) is 26.2. The summed E-state index contributed by atoms with van der Waals surface area (Å²) in [6.07, 6.45) is -2.18. The van der Waals surface area contributed by atoms with E-state index >= 15 is 0 Å². The molecule has 0 saturated carbocycles. The Bertz CT molecular complexity index is 2270. The van der Waals surface area contributed by atoms with E-state index < -0.39 is 29.2 Å². The number of halogens is 2. The second kappa shape index (κ2) is 15.1. The van der Waals surface area contributed by atoms with Gasteiger partial charge in [0.05, 0.1) is 0 Å². The maximum atomic E-state index is 14.0. The second-order valence-electron chi connectivity index (χ2n) is 14.2. The van der Waals surface area contributed by atoms with Crippen LogP contribution in [0.15, 0.2) is 170 Å². The summed E-state index contributed by atoms with van der Waals surface area (Å²) in [5, 5.41) is 35.6. The van der Waals surface area contributed by atoms with Crippen molar-refractivity contribution in [3.63, 3.8) is 0 Å². The normalized spacial score (nSPS) is 17.1. The summed E-state index contributed by atoms with van der Waals surface area (Å²) < 4.78 is 14.0. The number of rotatable bonds is 6. The number of hydrogen-bond donors (Lipinski definition) is 2. The zero-order chi connectivity index (χ0) is 37.5. The van der Waals surface area contributed by atoms with Crippen LogP contribution in [-0.4, -0.2) is 28.2 Å². The van der Waals surface area contributed by atoms with Crippen molar-refractivity contribution in [2.75, 3.05) is 0 Å². The summed E-state index contributed by atoms with van der Waals surface area (Å²) in [5.41, 5.74) is -0.914. The molecule has 1 aliphatic rings. The van der Waals surface area contributed by atoms with E-state index in [4.69, 9.17) is 9.47 Å². The van der Waals surface area contributed by atoms with Gasteiger partial charge in [-0.25, -0.2) is 0 Å². The van der Waals surface area contributed by atoms with Crippen molar-refractivity contribution in [2.24, 2.45) is 0 Å². The molecule has 0 amide bonds. The predicted octanol–water partition coefficient (Wildman–Crippen LogP) is 11.7. The van der Waals surface area contributed by atoms with Gasteiger partial charge in [-0.15, -0.1) is 0 Å². The van der Waals surface area contributed by atoms with Gasteiger partial charge >= 0.3 is 41.3 Å². The molecule has 268 valence electrons. The molecule has 0 radical (unpaired) electrons. The fourth-order valence-corrected chi connectivity index (χ4v) is 8.51. The molecule has 7 heteroatoms. The molecular weight excluding hydrogens is 836 g/mol. The van der Waals surface area contributed by atoms with Crippen LogP contribution < -0.4 is 0 Å². The third-order valence-electron chi connectivity index (χ3n) is 10.7. The van der Waals surface area contributed by atoms with Gasteiger partial charge in [0, 0.05) is 0 Å². The molecule has 2 atom stereocenters. The Kier molecular flexibility index (Phi) is 10.4. The summed E-state index contributed by atoms with van der Waals surface area (Å²) in [7, 11) is 0. The van der Waals surface area contributed by atoms with Gasteiger partial charge in [-0.2, -0.15) is 0 Å². The third kappa shape index (κ3) is 6.37. The minimum absolute atomic E-state index is 0.125. The molecule has 1 aliphatic heterocycles. The van der Waals surface area contributed by atoms with E-state index in [1.807, 2.05) is 135 Å². The molecule has 4 nitrogen and oxygen atoms in total. The van der Waals surface area contributed by atoms with E-state index in [0.29, 0.717) is 22.3 Å². The van der Waals surface area contributed by atoms with Crippen molar-refractivity contribution >= 4 is 69.4 Å². The van der Waals surface area contributed by atoms with E-state index in [1.54, 1.807) is 0 Å². The van der Waals surface area contributed by atoms with Crippen molar-refractivity contribution in [2.45, 2.75) is 43.0 Å².